The highest BCUT2D eigenvalue weighted by Gasteiger charge is 2.35. The van der Waals surface area contributed by atoms with Gasteiger partial charge in [-0.05, 0) is 55.4 Å². The molecule has 1 unspecified atom stereocenters. The molecule has 1 atom stereocenters. The number of hydrogen-bond donors (Lipinski definition) is 2. The Labute approximate surface area is 132 Å². The predicted molar refractivity (Wildman–Crippen MR) is 86.9 cm³/mol. The lowest BCUT2D eigenvalue weighted by atomic mass is 9.79. The van der Waals surface area contributed by atoms with Crippen LogP contribution in [0.5, 0.6) is 5.75 Å². The molecule has 0 fully saturated rings. The molecule has 122 valence electrons. The van der Waals surface area contributed by atoms with Crippen molar-refractivity contribution in [3.05, 3.63) is 29.3 Å². The van der Waals surface area contributed by atoms with Crippen molar-refractivity contribution in [2.45, 2.75) is 51.6 Å². The van der Waals surface area contributed by atoms with Crippen LogP contribution >= 0.6 is 0 Å². The molecule has 2 N–H and O–H groups in total. The van der Waals surface area contributed by atoms with E-state index in [0.717, 1.165) is 42.6 Å². The van der Waals surface area contributed by atoms with Crippen LogP contribution in [0.1, 0.15) is 50.7 Å². The van der Waals surface area contributed by atoms with Gasteiger partial charge in [-0.25, -0.2) is 0 Å². The maximum Gasteiger partial charge on any atom is 0.223 e. The van der Waals surface area contributed by atoms with Gasteiger partial charge < -0.3 is 15.2 Å². The molecule has 0 aliphatic heterocycles. The molecule has 1 aromatic carbocycles. The monoisotopic (exact) mass is 305 g/mol. The number of carbonyl (C=O) groups is 1. The second kappa shape index (κ2) is 7.14. The molecule has 4 heteroatoms. The summed E-state index contributed by atoms with van der Waals surface area (Å²) in [4.78, 5) is 12.2. The van der Waals surface area contributed by atoms with E-state index in [1.165, 1.54) is 0 Å². The number of benzene rings is 1. The Morgan fingerprint density at radius 1 is 1.41 bits per heavy atom. The van der Waals surface area contributed by atoms with Crippen molar-refractivity contribution in [2.24, 2.45) is 5.92 Å². The Bertz CT molecular complexity index is 525. The van der Waals surface area contributed by atoms with Crippen molar-refractivity contribution >= 4 is 5.91 Å². The molecular formula is C18H27NO3. The molecular weight excluding hydrogens is 278 g/mol. The summed E-state index contributed by atoms with van der Waals surface area (Å²) in [6.07, 6.45) is 4.19. The predicted octanol–water partition coefficient (Wildman–Crippen LogP) is 2.77. The molecule has 0 spiro atoms. The summed E-state index contributed by atoms with van der Waals surface area (Å²) in [6.45, 7) is 4.32. The molecule has 4 nitrogen and oxygen atoms in total. The highest BCUT2D eigenvalue weighted by atomic mass is 16.5. The van der Waals surface area contributed by atoms with Gasteiger partial charge in [0.05, 0.1) is 13.7 Å². The molecule has 0 radical (unpaired) electrons. The third kappa shape index (κ3) is 3.43. The minimum Gasteiger partial charge on any atom is -0.497 e. The van der Waals surface area contributed by atoms with Crippen LogP contribution in [0.3, 0.4) is 0 Å². The molecule has 1 aliphatic rings. The minimum atomic E-state index is -0.971. The molecule has 0 saturated heterocycles. The van der Waals surface area contributed by atoms with Crippen LogP contribution in [0.2, 0.25) is 0 Å². The average Bonchev–Trinajstić information content (AvgIpc) is 2.54. The highest BCUT2D eigenvalue weighted by molar-refractivity contribution is 5.78. The van der Waals surface area contributed by atoms with Crippen LogP contribution < -0.4 is 10.1 Å². The van der Waals surface area contributed by atoms with Crippen molar-refractivity contribution < 1.29 is 14.6 Å². The van der Waals surface area contributed by atoms with E-state index in [0.29, 0.717) is 6.42 Å². The van der Waals surface area contributed by atoms with Gasteiger partial charge in [-0.3, -0.25) is 4.79 Å². The van der Waals surface area contributed by atoms with Crippen LogP contribution in [0.4, 0.5) is 0 Å². The van der Waals surface area contributed by atoms with Crippen LogP contribution in [0, 0.1) is 5.92 Å². The number of fused-ring (bicyclic) bond motifs is 1. The molecule has 1 aliphatic carbocycles. The number of aliphatic hydroxyl groups is 1. The molecule has 0 saturated carbocycles. The zero-order valence-electron chi connectivity index (χ0n) is 13.8. The zero-order chi connectivity index (χ0) is 16.2. The van der Waals surface area contributed by atoms with Crippen LogP contribution in [-0.4, -0.2) is 24.7 Å². The summed E-state index contributed by atoms with van der Waals surface area (Å²) in [5.41, 5.74) is 1.07. The quantitative estimate of drug-likeness (QED) is 0.849. The fraction of sp³-hybridized carbons (Fsp3) is 0.611. The van der Waals surface area contributed by atoms with E-state index in [9.17, 15) is 9.90 Å². The Hall–Kier alpha value is -1.55. The molecule has 0 aromatic heterocycles. The summed E-state index contributed by atoms with van der Waals surface area (Å²) in [6, 6.07) is 5.79. The van der Waals surface area contributed by atoms with Gasteiger partial charge >= 0.3 is 0 Å². The molecule has 0 bridgehead atoms. The van der Waals surface area contributed by atoms with E-state index < -0.39 is 5.60 Å². The third-order valence-corrected chi connectivity index (χ3v) is 4.76. The SMILES string of the molecule is CCC(CC)C(=O)NCC1(O)CCCc2cc(OC)ccc21. The normalized spacial score (nSPS) is 20.6. The van der Waals surface area contributed by atoms with E-state index in [1.54, 1.807) is 7.11 Å². The van der Waals surface area contributed by atoms with E-state index in [1.807, 2.05) is 32.0 Å². The van der Waals surface area contributed by atoms with Gasteiger partial charge in [0.25, 0.3) is 0 Å². The molecule has 1 aromatic rings. The largest absolute Gasteiger partial charge is 0.497 e. The average molecular weight is 305 g/mol. The van der Waals surface area contributed by atoms with Crippen LogP contribution in [-0.2, 0) is 16.8 Å². The Balaban J connectivity index is 2.13. The summed E-state index contributed by atoms with van der Waals surface area (Å²) < 4.78 is 5.26. The van der Waals surface area contributed by atoms with E-state index in [-0.39, 0.29) is 18.4 Å². The summed E-state index contributed by atoms with van der Waals surface area (Å²) >= 11 is 0. The Morgan fingerprint density at radius 3 is 2.77 bits per heavy atom. The number of amides is 1. The number of hydrogen-bond acceptors (Lipinski definition) is 3. The van der Waals surface area contributed by atoms with Gasteiger partial charge in [0.1, 0.15) is 11.4 Å². The lowest BCUT2D eigenvalue weighted by Gasteiger charge is -2.35. The minimum absolute atomic E-state index is 0.0301. The first-order chi connectivity index (χ1) is 10.5. The molecule has 2 rings (SSSR count). The standard InChI is InChI=1S/C18H27NO3/c1-4-13(5-2)17(20)19-12-18(21)10-6-7-14-11-15(22-3)8-9-16(14)18/h8-9,11,13,21H,4-7,10,12H2,1-3H3,(H,19,20). The van der Waals surface area contributed by atoms with Crippen LogP contribution in [0.15, 0.2) is 18.2 Å². The first kappa shape index (κ1) is 16.8. The number of carbonyl (C=O) groups excluding carboxylic acids is 1. The van der Waals surface area contributed by atoms with Gasteiger partial charge in [-0.15, -0.1) is 0 Å². The van der Waals surface area contributed by atoms with Crippen LogP contribution in [0.25, 0.3) is 0 Å². The van der Waals surface area contributed by atoms with Crippen molar-refractivity contribution in [3.8, 4) is 5.75 Å². The summed E-state index contributed by atoms with van der Waals surface area (Å²) in [7, 11) is 1.65. The first-order valence-corrected chi connectivity index (χ1v) is 8.21. The van der Waals surface area contributed by atoms with Gasteiger partial charge in [-0.2, -0.15) is 0 Å². The number of methoxy groups -OCH3 is 1. The number of aryl methyl sites for hydroxylation is 1. The Morgan fingerprint density at radius 2 is 2.14 bits per heavy atom. The first-order valence-electron chi connectivity index (χ1n) is 8.21. The maximum absolute atomic E-state index is 12.2. The van der Waals surface area contributed by atoms with Gasteiger partial charge in [0.2, 0.25) is 5.91 Å². The van der Waals surface area contributed by atoms with E-state index in [2.05, 4.69) is 5.32 Å². The van der Waals surface area contributed by atoms with Crippen molar-refractivity contribution in [1.82, 2.24) is 5.32 Å². The van der Waals surface area contributed by atoms with Gasteiger partial charge in [-0.1, -0.05) is 19.9 Å². The summed E-state index contributed by atoms with van der Waals surface area (Å²) in [5, 5.41) is 14.0. The fourth-order valence-corrected chi connectivity index (χ4v) is 3.28. The smallest absolute Gasteiger partial charge is 0.223 e. The summed E-state index contributed by atoms with van der Waals surface area (Å²) in [5.74, 6) is 0.880. The maximum atomic E-state index is 12.2. The van der Waals surface area contributed by atoms with E-state index >= 15 is 0 Å². The third-order valence-electron chi connectivity index (χ3n) is 4.76. The van der Waals surface area contributed by atoms with Crippen molar-refractivity contribution in [1.29, 1.82) is 0 Å². The zero-order valence-corrected chi connectivity index (χ0v) is 13.8. The Kier molecular flexibility index (Phi) is 5.46. The lowest BCUT2D eigenvalue weighted by molar-refractivity contribution is -0.126. The highest BCUT2D eigenvalue weighted by Crippen LogP contribution is 2.36. The number of nitrogens with one attached hydrogen (secondary N) is 1. The molecule has 0 heterocycles. The van der Waals surface area contributed by atoms with Crippen molar-refractivity contribution in [3.63, 3.8) is 0 Å². The fourth-order valence-electron chi connectivity index (χ4n) is 3.28. The second-order valence-corrected chi connectivity index (χ2v) is 6.14. The van der Waals surface area contributed by atoms with Gasteiger partial charge in [0.15, 0.2) is 0 Å². The van der Waals surface area contributed by atoms with E-state index in [4.69, 9.17) is 4.74 Å². The van der Waals surface area contributed by atoms with Gasteiger partial charge in [0, 0.05) is 5.92 Å². The topological polar surface area (TPSA) is 58.6 Å². The number of rotatable bonds is 6. The molecule has 22 heavy (non-hydrogen) atoms. The second-order valence-electron chi connectivity index (χ2n) is 6.14. The lowest BCUT2D eigenvalue weighted by Crippen LogP contribution is -2.44. The molecule has 1 amide bonds. The van der Waals surface area contributed by atoms with Crippen molar-refractivity contribution in [2.75, 3.05) is 13.7 Å². The number of ether oxygens (including phenoxy) is 1.